The molecule has 2 N–H and O–H groups in total. The molecular formula is C9H18N2O2. The Morgan fingerprint density at radius 3 is 2.85 bits per heavy atom. The van der Waals surface area contributed by atoms with Gasteiger partial charge >= 0.3 is 5.97 Å². The predicted molar refractivity (Wildman–Crippen MR) is 49.7 cm³/mol. The van der Waals surface area contributed by atoms with Gasteiger partial charge in [0.25, 0.3) is 0 Å². The summed E-state index contributed by atoms with van der Waals surface area (Å²) in [5.74, 6) is 4.56. The average Bonchev–Trinajstić information content (AvgIpc) is 2.17. The van der Waals surface area contributed by atoms with Gasteiger partial charge in [-0.2, -0.15) is 5.90 Å². The van der Waals surface area contributed by atoms with Crippen molar-refractivity contribution in [3.05, 3.63) is 0 Å². The van der Waals surface area contributed by atoms with Gasteiger partial charge in [0.15, 0.2) is 0 Å². The minimum atomic E-state index is -0.273. The molecule has 0 aliphatic carbocycles. The van der Waals surface area contributed by atoms with E-state index in [1.807, 2.05) is 0 Å². The van der Waals surface area contributed by atoms with Crippen LogP contribution in [0.4, 0.5) is 0 Å². The van der Waals surface area contributed by atoms with Crippen LogP contribution in [0.2, 0.25) is 0 Å². The summed E-state index contributed by atoms with van der Waals surface area (Å²) in [6.07, 6.45) is 1.96. The number of hydrogen-bond acceptors (Lipinski definition) is 4. The van der Waals surface area contributed by atoms with Crippen molar-refractivity contribution in [3.63, 3.8) is 0 Å². The van der Waals surface area contributed by atoms with Gasteiger partial charge in [0.1, 0.15) is 0 Å². The van der Waals surface area contributed by atoms with Gasteiger partial charge in [-0.25, -0.2) is 0 Å². The summed E-state index contributed by atoms with van der Waals surface area (Å²) in [6, 6.07) is 0.494. The zero-order valence-electron chi connectivity index (χ0n) is 8.32. The maximum absolute atomic E-state index is 11.2. The first-order chi connectivity index (χ1) is 6.15. The van der Waals surface area contributed by atoms with Crippen molar-refractivity contribution in [2.45, 2.75) is 32.7 Å². The van der Waals surface area contributed by atoms with Crippen LogP contribution >= 0.6 is 0 Å². The second kappa shape index (κ2) is 4.58. The van der Waals surface area contributed by atoms with E-state index in [4.69, 9.17) is 5.90 Å². The summed E-state index contributed by atoms with van der Waals surface area (Å²) in [5, 5.41) is 0. The van der Waals surface area contributed by atoms with Crippen molar-refractivity contribution < 1.29 is 9.63 Å². The second-order valence-electron chi connectivity index (χ2n) is 3.86. The number of nitrogens with zero attached hydrogens (tertiary/aromatic N) is 1. The Hall–Kier alpha value is -0.610. The van der Waals surface area contributed by atoms with Crippen LogP contribution in [-0.2, 0) is 9.63 Å². The second-order valence-corrected chi connectivity index (χ2v) is 3.86. The Labute approximate surface area is 79.0 Å². The summed E-state index contributed by atoms with van der Waals surface area (Å²) in [7, 11) is 0. The number of carbonyl (C=O) groups is 1. The third-order valence-corrected chi connectivity index (χ3v) is 2.63. The number of hydrogen-bond donors (Lipinski definition) is 1. The van der Waals surface area contributed by atoms with E-state index in [2.05, 4.69) is 23.6 Å². The van der Waals surface area contributed by atoms with Gasteiger partial charge in [-0.1, -0.05) is 0 Å². The predicted octanol–water partition coefficient (Wildman–Crippen LogP) is 0.524. The van der Waals surface area contributed by atoms with Gasteiger partial charge in [-0.3, -0.25) is 4.79 Å². The van der Waals surface area contributed by atoms with Crippen LogP contribution in [0.1, 0.15) is 26.7 Å². The van der Waals surface area contributed by atoms with Crippen molar-refractivity contribution in [2.75, 3.05) is 13.1 Å². The summed E-state index contributed by atoms with van der Waals surface area (Å²) in [4.78, 5) is 17.7. The maximum atomic E-state index is 11.2. The van der Waals surface area contributed by atoms with E-state index in [-0.39, 0.29) is 11.9 Å². The first kappa shape index (κ1) is 10.5. The Morgan fingerprint density at radius 1 is 1.62 bits per heavy atom. The van der Waals surface area contributed by atoms with Crippen molar-refractivity contribution >= 4 is 5.97 Å². The topological polar surface area (TPSA) is 55.6 Å². The van der Waals surface area contributed by atoms with Gasteiger partial charge in [0.2, 0.25) is 0 Å². The minimum Gasteiger partial charge on any atom is -0.373 e. The standard InChI is InChI=1S/C9H18N2O2/c1-7(2)11-5-3-4-8(6-11)9(12)13-10/h7-8H,3-6,10H2,1-2H3. The zero-order chi connectivity index (χ0) is 9.84. The highest BCUT2D eigenvalue weighted by molar-refractivity contribution is 5.72. The molecule has 0 bridgehead atoms. The fourth-order valence-corrected chi connectivity index (χ4v) is 1.76. The Bertz CT molecular complexity index is 182. The normalized spacial score (nSPS) is 24.8. The van der Waals surface area contributed by atoms with Crippen LogP contribution in [0, 0.1) is 5.92 Å². The van der Waals surface area contributed by atoms with E-state index in [9.17, 15) is 4.79 Å². The van der Waals surface area contributed by atoms with E-state index in [1.54, 1.807) is 0 Å². The molecule has 13 heavy (non-hydrogen) atoms. The molecule has 4 nitrogen and oxygen atoms in total. The zero-order valence-corrected chi connectivity index (χ0v) is 8.32. The van der Waals surface area contributed by atoms with Crippen LogP contribution < -0.4 is 5.90 Å². The highest BCUT2D eigenvalue weighted by atomic mass is 16.7. The number of likely N-dealkylation sites (tertiary alicyclic amines) is 1. The number of carbonyl (C=O) groups excluding carboxylic acids is 1. The molecular weight excluding hydrogens is 168 g/mol. The molecule has 0 spiro atoms. The van der Waals surface area contributed by atoms with E-state index >= 15 is 0 Å². The van der Waals surface area contributed by atoms with Crippen LogP contribution in [0.5, 0.6) is 0 Å². The molecule has 0 aromatic heterocycles. The lowest BCUT2D eigenvalue weighted by molar-refractivity contribution is -0.151. The molecule has 1 saturated heterocycles. The van der Waals surface area contributed by atoms with Gasteiger partial charge in [-0.15, -0.1) is 0 Å². The average molecular weight is 186 g/mol. The molecule has 1 fully saturated rings. The smallest absolute Gasteiger partial charge is 0.328 e. The van der Waals surface area contributed by atoms with Crippen LogP contribution in [0.3, 0.4) is 0 Å². The molecule has 1 heterocycles. The molecule has 1 rings (SSSR count). The van der Waals surface area contributed by atoms with Crippen molar-refractivity contribution in [3.8, 4) is 0 Å². The molecule has 0 aromatic carbocycles. The molecule has 0 saturated carbocycles. The lowest BCUT2D eigenvalue weighted by Crippen LogP contribution is -2.43. The summed E-state index contributed by atoms with van der Waals surface area (Å²) >= 11 is 0. The molecule has 1 aliphatic rings. The third kappa shape index (κ3) is 2.67. The fraction of sp³-hybridized carbons (Fsp3) is 0.889. The summed E-state index contributed by atoms with van der Waals surface area (Å²) < 4.78 is 0. The summed E-state index contributed by atoms with van der Waals surface area (Å²) in [5.41, 5.74) is 0. The van der Waals surface area contributed by atoms with Gasteiger partial charge in [0.05, 0.1) is 5.92 Å². The molecule has 76 valence electrons. The molecule has 1 unspecified atom stereocenters. The molecule has 0 radical (unpaired) electrons. The van der Waals surface area contributed by atoms with Crippen LogP contribution in [0.25, 0.3) is 0 Å². The number of rotatable bonds is 2. The maximum Gasteiger partial charge on any atom is 0.328 e. The van der Waals surface area contributed by atoms with Crippen molar-refractivity contribution in [1.29, 1.82) is 0 Å². The molecule has 1 atom stereocenters. The largest absolute Gasteiger partial charge is 0.373 e. The van der Waals surface area contributed by atoms with Crippen LogP contribution in [0.15, 0.2) is 0 Å². The van der Waals surface area contributed by atoms with Gasteiger partial charge < -0.3 is 9.74 Å². The highest BCUT2D eigenvalue weighted by Gasteiger charge is 2.27. The van der Waals surface area contributed by atoms with E-state index in [0.29, 0.717) is 6.04 Å². The van der Waals surface area contributed by atoms with Gasteiger partial charge in [0, 0.05) is 12.6 Å². The number of nitrogens with two attached hydrogens (primary N) is 1. The van der Waals surface area contributed by atoms with E-state index < -0.39 is 0 Å². The van der Waals surface area contributed by atoms with Crippen LogP contribution in [-0.4, -0.2) is 30.0 Å². The van der Waals surface area contributed by atoms with E-state index in [1.165, 1.54) is 0 Å². The minimum absolute atomic E-state index is 0.0267. The highest BCUT2D eigenvalue weighted by Crippen LogP contribution is 2.18. The fourth-order valence-electron chi connectivity index (χ4n) is 1.76. The lowest BCUT2D eigenvalue weighted by Gasteiger charge is -2.33. The number of piperidine rings is 1. The SMILES string of the molecule is CC(C)N1CCCC(C(=O)ON)C1. The first-order valence-corrected chi connectivity index (χ1v) is 4.79. The van der Waals surface area contributed by atoms with Gasteiger partial charge in [-0.05, 0) is 33.2 Å². The van der Waals surface area contributed by atoms with Crippen molar-refractivity contribution in [1.82, 2.24) is 4.90 Å². The Morgan fingerprint density at radius 2 is 2.31 bits per heavy atom. The molecule has 1 aliphatic heterocycles. The van der Waals surface area contributed by atoms with E-state index in [0.717, 1.165) is 25.9 Å². The quantitative estimate of drug-likeness (QED) is 0.639. The molecule has 4 heteroatoms. The van der Waals surface area contributed by atoms with Crippen molar-refractivity contribution in [2.24, 2.45) is 11.8 Å². The molecule has 0 aromatic rings. The summed E-state index contributed by atoms with van der Waals surface area (Å²) in [6.45, 7) is 6.13. The first-order valence-electron chi connectivity index (χ1n) is 4.79. The Balaban J connectivity index is 2.46. The third-order valence-electron chi connectivity index (χ3n) is 2.63. The molecule has 0 amide bonds. The Kier molecular flexibility index (Phi) is 3.69. The lowest BCUT2D eigenvalue weighted by atomic mass is 9.97. The monoisotopic (exact) mass is 186 g/mol.